The van der Waals surface area contributed by atoms with Crippen molar-refractivity contribution in [3.63, 3.8) is 0 Å². The number of nitrogens with one attached hydrogen (secondary N) is 2. The second kappa shape index (κ2) is 7.25. The molecule has 0 atom stereocenters. The minimum Gasteiger partial charge on any atom is -0.462 e. The average molecular weight is 360 g/mol. The molecule has 1 fully saturated rings. The quantitative estimate of drug-likeness (QED) is 0.742. The summed E-state index contributed by atoms with van der Waals surface area (Å²) in [7, 11) is -3.44. The smallest absolute Gasteiger partial charge is 0.244 e. The van der Waals surface area contributed by atoms with E-state index in [4.69, 9.17) is 4.42 Å². The summed E-state index contributed by atoms with van der Waals surface area (Å²) >= 11 is 0. The standard InChI is InChI=1S/C18H20N2O4S/c1-13-2-7-16(24-13)8-11-18(21)19-12-14-3-9-17(10-4-14)25(22,23)20-15-5-6-15/h2-4,7-11,15,20H,5-6,12H2,1H3,(H,19,21). The first-order valence-corrected chi connectivity index (χ1v) is 9.54. The second-order valence-corrected chi connectivity index (χ2v) is 7.75. The molecule has 0 saturated heterocycles. The highest BCUT2D eigenvalue weighted by Gasteiger charge is 2.27. The van der Waals surface area contributed by atoms with Gasteiger partial charge in [0.05, 0.1) is 4.90 Å². The van der Waals surface area contributed by atoms with Crippen LogP contribution in [0.3, 0.4) is 0 Å². The Hall–Kier alpha value is -2.38. The maximum Gasteiger partial charge on any atom is 0.244 e. The highest BCUT2D eigenvalue weighted by molar-refractivity contribution is 7.89. The predicted octanol–water partition coefficient (Wildman–Crippen LogP) is 2.36. The van der Waals surface area contributed by atoms with Crippen LogP contribution < -0.4 is 10.0 Å². The van der Waals surface area contributed by atoms with Crippen LogP contribution in [0.25, 0.3) is 6.08 Å². The highest BCUT2D eigenvalue weighted by Crippen LogP contribution is 2.22. The van der Waals surface area contributed by atoms with Gasteiger partial charge in [0.25, 0.3) is 0 Å². The van der Waals surface area contributed by atoms with Crippen LogP contribution >= 0.6 is 0 Å². The van der Waals surface area contributed by atoms with Gasteiger partial charge in [-0.15, -0.1) is 0 Å². The SMILES string of the molecule is Cc1ccc(C=CC(=O)NCc2ccc(S(=O)(=O)NC3CC3)cc2)o1. The molecule has 1 aliphatic carbocycles. The molecule has 0 radical (unpaired) electrons. The van der Waals surface area contributed by atoms with E-state index in [0.717, 1.165) is 24.2 Å². The fraction of sp³-hybridized carbons (Fsp3) is 0.278. The first-order chi connectivity index (χ1) is 11.9. The van der Waals surface area contributed by atoms with Crippen molar-refractivity contribution in [1.29, 1.82) is 0 Å². The Morgan fingerprint density at radius 3 is 2.52 bits per heavy atom. The maximum absolute atomic E-state index is 12.1. The number of amides is 1. The maximum atomic E-state index is 12.1. The predicted molar refractivity (Wildman–Crippen MR) is 94.1 cm³/mol. The first kappa shape index (κ1) is 17.4. The highest BCUT2D eigenvalue weighted by atomic mass is 32.2. The van der Waals surface area contributed by atoms with Gasteiger partial charge in [-0.2, -0.15) is 0 Å². The third-order valence-corrected chi connectivity index (χ3v) is 5.30. The minimum absolute atomic E-state index is 0.0775. The van der Waals surface area contributed by atoms with Crippen molar-refractivity contribution < 1.29 is 17.6 Å². The molecule has 1 amide bonds. The fourth-order valence-corrected chi connectivity index (χ4v) is 3.53. The lowest BCUT2D eigenvalue weighted by molar-refractivity contribution is -0.116. The van der Waals surface area contributed by atoms with Crippen molar-refractivity contribution in [3.05, 3.63) is 59.6 Å². The number of furan rings is 1. The molecule has 1 aromatic carbocycles. The molecule has 0 spiro atoms. The molecule has 25 heavy (non-hydrogen) atoms. The number of aryl methyl sites for hydroxylation is 1. The molecule has 1 saturated carbocycles. The van der Waals surface area contributed by atoms with Crippen molar-refractivity contribution in [2.24, 2.45) is 0 Å². The van der Waals surface area contributed by atoms with Crippen LogP contribution in [0.5, 0.6) is 0 Å². The van der Waals surface area contributed by atoms with Gasteiger partial charge in [0, 0.05) is 18.7 Å². The Balaban J connectivity index is 1.52. The van der Waals surface area contributed by atoms with Crippen molar-refractivity contribution >= 4 is 22.0 Å². The molecule has 1 heterocycles. The van der Waals surface area contributed by atoms with E-state index < -0.39 is 10.0 Å². The summed E-state index contributed by atoms with van der Waals surface area (Å²) in [5.41, 5.74) is 0.820. The van der Waals surface area contributed by atoms with Gasteiger partial charge < -0.3 is 9.73 Å². The topological polar surface area (TPSA) is 88.4 Å². The van der Waals surface area contributed by atoms with Crippen molar-refractivity contribution in [3.8, 4) is 0 Å². The number of hydrogen-bond acceptors (Lipinski definition) is 4. The minimum atomic E-state index is -3.44. The van der Waals surface area contributed by atoms with E-state index in [0.29, 0.717) is 12.3 Å². The Labute approximate surface area is 147 Å². The second-order valence-electron chi connectivity index (χ2n) is 6.04. The zero-order chi connectivity index (χ0) is 17.9. The largest absolute Gasteiger partial charge is 0.462 e. The number of carbonyl (C=O) groups excluding carboxylic acids is 1. The number of hydrogen-bond donors (Lipinski definition) is 2. The molecule has 7 heteroatoms. The van der Waals surface area contributed by atoms with E-state index in [1.54, 1.807) is 36.4 Å². The molecule has 1 aromatic heterocycles. The van der Waals surface area contributed by atoms with E-state index in [1.165, 1.54) is 6.08 Å². The summed E-state index contributed by atoms with van der Waals surface area (Å²) in [6.07, 6.45) is 4.79. The van der Waals surface area contributed by atoms with Crippen molar-refractivity contribution in [2.75, 3.05) is 0 Å². The van der Waals surface area contributed by atoms with E-state index in [1.807, 2.05) is 13.0 Å². The summed E-state index contributed by atoms with van der Waals surface area (Å²) in [6, 6.07) is 10.2. The fourth-order valence-electron chi connectivity index (χ4n) is 2.22. The number of carbonyl (C=O) groups is 1. The molecule has 0 bridgehead atoms. The third kappa shape index (κ3) is 5.04. The van der Waals surface area contributed by atoms with Gasteiger partial charge in [0.15, 0.2) is 0 Å². The number of rotatable bonds is 7. The monoisotopic (exact) mass is 360 g/mol. The molecule has 2 N–H and O–H groups in total. The third-order valence-electron chi connectivity index (χ3n) is 3.76. The van der Waals surface area contributed by atoms with Crippen LogP contribution in [-0.4, -0.2) is 20.4 Å². The Morgan fingerprint density at radius 2 is 1.92 bits per heavy atom. The molecular formula is C18H20N2O4S. The van der Waals surface area contributed by atoms with Crippen LogP contribution in [0, 0.1) is 6.92 Å². The van der Waals surface area contributed by atoms with Gasteiger partial charge >= 0.3 is 0 Å². The van der Waals surface area contributed by atoms with Crippen LogP contribution in [-0.2, 0) is 21.4 Å². The molecular weight excluding hydrogens is 340 g/mol. The summed E-state index contributed by atoms with van der Waals surface area (Å²) in [5.74, 6) is 1.15. The van der Waals surface area contributed by atoms with Crippen LogP contribution in [0.15, 0.2) is 51.8 Å². The van der Waals surface area contributed by atoms with Crippen molar-refractivity contribution in [2.45, 2.75) is 37.2 Å². The molecule has 3 rings (SSSR count). The van der Waals surface area contributed by atoms with Crippen LogP contribution in [0.1, 0.15) is 29.9 Å². The van der Waals surface area contributed by atoms with Gasteiger partial charge in [-0.3, -0.25) is 4.79 Å². The van der Waals surface area contributed by atoms with Gasteiger partial charge in [-0.25, -0.2) is 13.1 Å². The Kier molecular flexibility index (Phi) is 5.06. The molecule has 0 aliphatic heterocycles. The molecule has 6 nitrogen and oxygen atoms in total. The van der Waals surface area contributed by atoms with E-state index in [-0.39, 0.29) is 16.8 Å². The Morgan fingerprint density at radius 1 is 1.20 bits per heavy atom. The molecule has 2 aromatic rings. The number of benzene rings is 1. The van der Waals surface area contributed by atoms with Crippen LogP contribution in [0.4, 0.5) is 0 Å². The van der Waals surface area contributed by atoms with Gasteiger partial charge in [-0.05, 0) is 55.7 Å². The summed E-state index contributed by atoms with van der Waals surface area (Å²) < 4.78 is 32.1. The van der Waals surface area contributed by atoms with Crippen LogP contribution in [0.2, 0.25) is 0 Å². The van der Waals surface area contributed by atoms with E-state index in [9.17, 15) is 13.2 Å². The van der Waals surface area contributed by atoms with E-state index in [2.05, 4.69) is 10.0 Å². The lowest BCUT2D eigenvalue weighted by atomic mass is 10.2. The summed E-state index contributed by atoms with van der Waals surface area (Å²) in [4.78, 5) is 12.0. The van der Waals surface area contributed by atoms with Gasteiger partial charge in [0.1, 0.15) is 11.5 Å². The van der Waals surface area contributed by atoms with Gasteiger partial charge in [-0.1, -0.05) is 12.1 Å². The van der Waals surface area contributed by atoms with E-state index >= 15 is 0 Å². The Bertz CT molecular complexity index is 878. The normalized spacial score (nSPS) is 14.8. The lowest BCUT2D eigenvalue weighted by Gasteiger charge is -2.07. The molecule has 132 valence electrons. The average Bonchev–Trinajstić information content (AvgIpc) is 3.29. The molecule has 1 aliphatic rings. The summed E-state index contributed by atoms with van der Waals surface area (Å²) in [5, 5.41) is 2.74. The summed E-state index contributed by atoms with van der Waals surface area (Å²) in [6.45, 7) is 2.15. The number of sulfonamides is 1. The van der Waals surface area contributed by atoms with Gasteiger partial charge in [0.2, 0.25) is 15.9 Å². The zero-order valence-corrected chi connectivity index (χ0v) is 14.7. The van der Waals surface area contributed by atoms with Crippen molar-refractivity contribution in [1.82, 2.24) is 10.0 Å². The molecule has 0 unspecified atom stereocenters. The first-order valence-electron chi connectivity index (χ1n) is 8.06. The lowest BCUT2D eigenvalue weighted by Crippen LogP contribution is -2.25. The zero-order valence-electron chi connectivity index (χ0n) is 13.9.